The number of piperidine rings is 1. The molecule has 4 nitrogen and oxygen atoms in total. The van der Waals surface area contributed by atoms with Gasteiger partial charge in [0.25, 0.3) is 0 Å². The molecule has 2 N–H and O–H groups in total. The van der Waals surface area contributed by atoms with Gasteiger partial charge in [-0.1, -0.05) is 18.2 Å². The molecule has 2 aromatic rings. The van der Waals surface area contributed by atoms with Gasteiger partial charge >= 0.3 is 5.97 Å². The number of nitrogen functional groups attached to an aromatic ring is 1. The van der Waals surface area contributed by atoms with Gasteiger partial charge in [-0.2, -0.15) is 0 Å². The number of nitrogens with zero attached hydrogens (tertiary/aromatic N) is 1. The number of carbonyl (C=O) groups is 1. The first-order valence-corrected chi connectivity index (χ1v) is 7.59. The molecule has 1 aliphatic rings. The number of esters is 1. The van der Waals surface area contributed by atoms with Crippen LogP contribution in [0.25, 0.3) is 0 Å². The summed E-state index contributed by atoms with van der Waals surface area (Å²) < 4.78 is 5.65. The van der Waals surface area contributed by atoms with Crippen molar-refractivity contribution >= 4 is 17.3 Å². The number of hydrogen-bond donors (Lipinski definition) is 1. The Kier molecular flexibility index (Phi) is 4.28. The Morgan fingerprint density at radius 1 is 1.09 bits per heavy atom. The Morgan fingerprint density at radius 3 is 2.55 bits per heavy atom. The summed E-state index contributed by atoms with van der Waals surface area (Å²) in [6, 6.07) is 17.1. The Balaban J connectivity index is 1.63. The fraction of sp³-hybridized carbons (Fsp3) is 0.278. The lowest BCUT2D eigenvalue weighted by atomic mass is 10.1. The van der Waals surface area contributed by atoms with Gasteiger partial charge in [0.05, 0.1) is 12.1 Å². The van der Waals surface area contributed by atoms with Crippen LogP contribution in [0, 0.1) is 0 Å². The van der Waals surface area contributed by atoms with Gasteiger partial charge in [0.1, 0.15) is 6.10 Å². The molecule has 1 aliphatic heterocycles. The van der Waals surface area contributed by atoms with E-state index in [9.17, 15) is 4.79 Å². The number of carbonyl (C=O) groups excluding carboxylic acids is 1. The number of benzene rings is 2. The van der Waals surface area contributed by atoms with Gasteiger partial charge in [0.15, 0.2) is 0 Å². The minimum Gasteiger partial charge on any atom is -0.457 e. The smallest absolute Gasteiger partial charge is 0.338 e. The standard InChI is InChI=1S/C18H20N2O2/c19-15-10-8-14(9-11-15)18(21)22-17-7-4-12-20(13-17)16-5-2-1-3-6-16/h1-3,5-6,8-11,17H,4,7,12-13,19H2. The van der Waals surface area contributed by atoms with Gasteiger partial charge in [-0.15, -0.1) is 0 Å². The molecule has 3 rings (SSSR count). The number of nitrogens with two attached hydrogens (primary N) is 1. The van der Waals surface area contributed by atoms with Crippen molar-refractivity contribution in [2.75, 3.05) is 23.7 Å². The number of para-hydroxylation sites is 1. The second-order valence-corrected chi connectivity index (χ2v) is 5.57. The quantitative estimate of drug-likeness (QED) is 0.698. The maximum absolute atomic E-state index is 12.2. The molecule has 0 bridgehead atoms. The summed E-state index contributed by atoms with van der Waals surface area (Å²) in [6.07, 6.45) is 1.86. The lowest BCUT2D eigenvalue weighted by molar-refractivity contribution is 0.0270. The average Bonchev–Trinajstić information content (AvgIpc) is 2.56. The molecule has 1 heterocycles. The minimum absolute atomic E-state index is 0.0704. The fourth-order valence-electron chi connectivity index (χ4n) is 2.75. The van der Waals surface area contributed by atoms with E-state index in [-0.39, 0.29) is 12.1 Å². The molecule has 4 heteroatoms. The van der Waals surface area contributed by atoms with Crippen LogP contribution >= 0.6 is 0 Å². The largest absolute Gasteiger partial charge is 0.457 e. The third kappa shape index (κ3) is 3.39. The number of ether oxygens (including phenoxy) is 1. The molecular weight excluding hydrogens is 276 g/mol. The fourth-order valence-corrected chi connectivity index (χ4v) is 2.75. The molecule has 1 atom stereocenters. The Hall–Kier alpha value is -2.49. The van der Waals surface area contributed by atoms with Gasteiger partial charge in [-0.05, 0) is 49.2 Å². The van der Waals surface area contributed by atoms with Gasteiger partial charge in [-0.25, -0.2) is 4.79 Å². The van der Waals surface area contributed by atoms with E-state index in [0.29, 0.717) is 11.3 Å². The summed E-state index contributed by atoms with van der Waals surface area (Å²) in [7, 11) is 0. The molecule has 0 radical (unpaired) electrons. The highest BCUT2D eigenvalue weighted by Gasteiger charge is 2.23. The van der Waals surface area contributed by atoms with E-state index in [1.165, 1.54) is 5.69 Å². The topological polar surface area (TPSA) is 55.6 Å². The third-order valence-electron chi connectivity index (χ3n) is 3.92. The summed E-state index contributed by atoms with van der Waals surface area (Å²) in [5.41, 5.74) is 8.00. The van der Waals surface area contributed by atoms with Crippen molar-refractivity contribution in [1.29, 1.82) is 0 Å². The van der Waals surface area contributed by atoms with Crippen LogP contribution in [0.2, 0.25) is 0 Å². The normalized spacial score (nSPS) is 18.0. The van der Waals surface area contributed by atoms with E-state index in [0.717, 1.165) is 25.9 Å². The first-order chi connectivity index (χ1) is 10.7. The predicted molar refractivity (Wildman–Crippen MR) is 87.9 cm³/mol. The van der Waals surface area contributed by atoms with Crippen molar-refractivity contribution in [1.82, 2.24) is 0 Å². The van der Waals surface area contributed by atoms with E-state index in [4.69, 9.17) is 10.5 Å². The van der Waals surface area contributed by atoms with Crippen LogP contribution in [-0.2, 0) is 4.74 Å². The zero-order valence-electron chi connectivity index (χ0n) is 12.4. The van der Waals surface area contributed by atoms with Gasteiger partial charge in [0.2, 0.25) is 0 Å². The van der Waals surface area contributed by atoms with E-state index in [1.807, 2.05) is 18.2 Å². The van der Waals surface area contributed by atoms with Crippen LogP contribution in [0.3, 0.4) is 0 Å². The number of hydrogen-bond acceptors (Lipinski definition) is 4. The maximum atomic E-state index is 12.2. The molecule has 0 aliphatic carbocycles. The lowest BCUT2D eigenvalue weighted by Gasteiger charge is -2.34. The second kappa shape index (κ2) is 6.52. The molecule has 2 aromatic carbocycles. The Morgan fingerprint density at radius 2 is 1.82 bits per heavy atom. The Bertz CT molecular complexity index is 625. The third-order valence-corrected chi connectivity index (χ3v) is 3.92. The molecule has 114 valence electrons. The van der Waals surface area contributed by atoms with Crippen molar-refractivity contribution in [2.45, 2.75) is 18.9 Å². The zero-order chi connectivity index (χ0) is 15.4. The van der Waals surface area contributed by atoms with Crippen molar-refractivity contribution in [3.8, 4) is 0 Å². The average molecular weight is 296 g/mol. The van der Waals surface area contributed by atoms with E-state index in [1.54, 1.807) is 24.3 Å². The lowest BCUT2D eigenvalue weighted by Crippen LogP contribution is -2.40. The Labute approximate surface area is 130 Å². The molecule has 0 amide bonds. The van der Waals surface area contributed by atoms with E-state index < -0.39 is 0 Å². The highest BCUT2D eigenvalue weighted by Crippen LogP contribution is 2.21. The van der Waals surface area contributed by atoms with Crippen LogP contribution in [-0.4, -0.2) is 25.2 Å². The summed E-state index contributed by atoms with van der Waals surface area (Å²) in [5, 5.41) is 0. The van der Waals surface area contributed by atoms with Crippen LogP contribution in [0.15, 0.2) is 54.6 Å². The molecule has 0 spiro atoms. The van der Waals surface area contributed by atoms with Crippen LogP contribution in [0.5, 0.6) is 0 Å². The van der Waals surface area contributed by atoms with E-state index >= 15 is 0 Å². The first kappa shape index (κ1) is 14.4. The first-order valence-electron chi connectivity index (χ1n) is 7.59. The van der Waals surface area contributed by atoms with Crippen LogP contribution in [0.1, 0.15) is 23.2 Å². The molecule has 1 saturated heterocycles. The van der Waals surface area contributed by atoms with Crippen LogP contribution in [0.4, 0.5) is 11.4 Å². The van der Waals surface area contributed by atoms with Crippen molar-refractivity contribution in [3.63, 3.8) is 0 Å². The monoisotopic (exact) mass is 296 g/mol. The molecular formula is C18H20N2O2. The highest BCUT2D eigenvalue weighted by atomic mass is 16.5. The molecule has 0 saturated carbocycles. The zero-order valence-corrected chi connectivity index (χ0v) is 12.4. The SMILES string of the molecule is Nc1ccc(C(=O)OC2CCCN(c3ccccc3)C2)cc1. The highest BCUT2D eigenvalue weighted by molar-refractivity contribution is 5.89. The number of anilines is 2. The summed E-state index contributed by atoms with van der Waals surface area (Å²) >= 11 is 0. The van der Waals surface area contributed by atoms with Crippen molar-refractivity contribution < 1.29 is 9.53 Å². The second-order valence-electron chi connectivity index (χ2n) is 5.57. The molecule has 1 fully saturated rings. The van der Waals surface area contributed by atoms with Crippen molar-refractivity contribution in [2.24, 2.45) is 0 Å². The predicted octanol–water partition coefficient (Wildman–Crippen LogP) is 3.09. The van der Waals surface area contributed by atoms with Gasteiger partial charge in [0, 0.05) is 17.9 Å². The summed E-state index contributed by atoms with van der Waals surface area (Å²) in [5.74, 6) is -0.278. The molecule has 22 heavy (non-hydrogen) atoms. The molecule has 1 unspecified atom stereocenters. The maximum Gasteiger partial charge on any atom is 0.338 e. The van der Waals surface area contributed by atoms with Crippen LogP contribution < -0.4 is 10.6 Å². The summed E-state index contributed by atoms with van der Waals surface area (Å²) in [4.78, 5) is 14.5. The number of rotatable bonds is 3. The molecule has 0 aromatic heterocycles. The van der Waals surface area contributed by atoms with Crippen molar-refractivity contribution in [3.05, 3.63) is 60.2 Å². The van der Waals surface area contributed by atoms with Gasteiger partial charge < -0.3 is 15.4 Å². The van der Waals surface area contributed by atoms with Gasteiger partial charge in [-0.3, -0.25) is 0 Å². The van der Waals surface area contributed by atoms with E-state index in [2.05, 4.69) is 17.0 Å². The summed E-state index contributed by atoms with van der Waals surface area (Å²) in [6.45, 7) is 1.74. The minimum atomic E-state index is -0.278.